The average molecular weight is 491 g/mol. The molecule has 0 fully saturated rings. The molecule has 0 bridgehead atoms. The summed E-state index contributed by atoms with van der Waals surface area (Å²) >= 11 is 3.54. The van der Waals surface area contributed by atoms with E-state index in [4.69, 9.17) is 9.15 Å². The van der Waals surface area contributed by atoms with E-state index in [0.29, 0.717) is 11.6 Å². The lowest BCUT2D eigenvalue weighted by molar-refractivity contribution is -0.111. The van der Waals surface area contributed by atoms with Crippen LogP contribution in [0.3, 0.4) is 0 Å². The zero-order chi connectivity index (χ0) is 22.8. The second-order valence-corrected chi connectivity index (χ2v) is 8.52. The molecule has 4 aromatic rings. The number of allylic oxidation sites excluding steroid dienone is 1. The van der Waals surface area contributed by atoms with Crippen molar-refractivity contribution in [2.45, 2.75) is 20.8 Å². The number of hydrogen-bond donors (Lipinski definition) is 1. The SMILES string of the molecule is COc1c(/C(C)=C/C(=O)Nc2ncccc2C)cc2c(-c3cccc(Br)c3)coc2c1C. The lowest BCUT2D eigenvalue weighted by Crippen LogP contribution is -2.11. The van der Waals surface area contributed by atoms with Crippen LogP contribution in [0.4, 0.5) is 5.82 Å². The minimum absolute atomic E-state index is 0.247. The van der Waals surface area contributed by atoms with Gasteiger partial charge in [-0.2, -0.15) is 0 Å². The molecule has 162 valence electrons. The minimum Gasteiger partial charge on any atom is -0.496 e. The molecule has 5 nitrogen and oxygen atoms in total. The van der Waals surface area contributed by atoms with Crippen molar-refractivity contribution in [2.24, 2.45) is 0 Å². The van der Waals surface area contributed by atoms with Gasteiger partial charge in [0.2, 0.25) is 5.91 Å². The van der Waals surface area contributed by atoms with E-state index < -0.39 is 0 Å². The molecule has 1 amide bonds. The van der Waals surface area contributed by atoms with Crippen LogP contribution in [0.25, 0.3) is 27.7 Å². The number of carbonyl (C=O) groups excluding carboxylic acids is 1. The molecule has 0 aliphatic rings. The summed E-state index contributed by atoms with van der Waals surface area (Å²) in [5.41, 5.74) is 6.19. The number of fused-ring (bicyclic) bond motifs is 1. The van der Waals surface area contributed by atoms with Crippen LogP contribution in [0.1, 0.15) is 23.6 Å². The number of rotatable bonds is 5. The Balaban J connectivity index is 1.78. The van der Waals surface area contributed by atoms with E-state index in [2.05, 4.69) is 32.3 Å². The van der Waals surface area contributed by atoms with Gasteiger partial charge in [0.1, 0.15) is 17.2 Å². The van der Waals surface area contributed by atoms with Gasteiger partial charge >= 0.3 is 0 Å². The molecule has 2 aromatic heterocycles. The van der Waals surface area contributed by atoms with Crippen molar-refractivity contribution in [2.75, 3.05) is 12.4 Å². The smallest absolute Gasteiger partial charge is 0.249 e. The number of carbonyl (C=O) groups is 1. The van der Waals surface area contributed by atoms with Crippen molar-refractivity contribution in [3.63, 3.8) is 0 Å². The molecular formula is C26H23BrN2O3. The Bertz CT molecular complexity index is 1350. The summed E-state index contributed by atoms with van der Waals surface area (Å²) in [6, 6.07) is 13.8. The van der Waals surface area contributed by atoms with Crippen LogP contribution < -0.4 is 10.1 Å². The Morgan fingerprint density at radius 2 is 2.00 bits per heavy atom. The Kier molecular flexibility index (Phi) is 6.15. The highest BCUT2D eigenvalue weighted by Gasteiger charge is 2.19. The maximum atomic E-state index is 12.7. The Morgan fingerprint density at radius 1 is 1.19 bits per heavy atom. The molecule has 0 aliphatic carbocycles. The predicted octanol–water partition coefficient (Wildman–Crippen LogP) is 6.92. The number of nitrogens with one attached hydrogen (secondary N) is 1. The first-order valence-electron chi connectivity index (χ1n) is 10.1. The number of nitrogens with zero attached hydrogens (tertiary/aromatic N) is 1. The summed E-state index contributed by atoms with van der Waals surface area (Å²) in [7, 11) is 1.63. The molecular weight excluding hydrogens is 468 g/mol. The maximum Gasteiger partial charge on any atom is 0.249 e. The molecule has 32 heavy (non-hydrogen) atoms. The van der Waals surface area contributed by atoms with Crippen molar-refractivity contribution >= 4 is 44.2 Å². The van der Waals surface area contributed by atoms with Crippen molar-refractivity contribution in [1.82, 2.24) is 4.98 Å². The van der Waals surface area contributed by atoms with Crippen LogP contribution >= 0.6 is 15.9 Å². The van der Waals surface area contributed by atoms with Gasteiger partial charge in [0.15, 0.2) is 0 Å². The first-order valence-corrected chi connectivity index (χ1v) is 10.9. The molecule has 0 aliphatic heterocycles. The first-order chi connectivity index (χ1) is 15.4. The van der Waals surface area contributed by atoms with Crippen LogP contribution in [-0.4, -0.2) is 18.0 Å². The third-order valence-corrected chi connectivity index (χ3v) is 5.90. The molecule has 0 atom stereocenters. The molecule has 4 rings (SSSR count). The fraction of sp³-hybridized carbons (Fsp3) is 0.154. The van der Waals surface area contributed by atoms with Crippen LogP contribution in [0.15, 0.2) is 69.9 Å². The highest BCUT2D eigenvalue weighted by atomic mass is 79.9. The molecule has 0 unspecified atom stereocenters. The number of hydrogen-bond acceptors (Lipinski definition) is 4. The van der Waals surface area contributed by atoms with E-state index in [9.17, 15) is 4.79 Å². The highest BCUT2D eigenvalue weighted by Crippen LogP contribution is 2.40. The zero-order valence-corrected chi connectivity index (χ0v) is 19.9. The number of furan rings is 1. The Morgan fingerprint density at radius 3 is 2.72 bits per heavy atom. The van der Waals surface area contributed by atoms with Gasteiger partial charge in [0.05, 0.1) is 13.4 Å². The van der Waals surface area contributed by atoms with Crippen molar-refractivity contribution in [3.05, 3.63) is 82.2 Å². The monoisotopic (exact) mass is 490 g/mol. The average Bonchev–Trinajstić information content (AvgIpc) is 3.19. The van der Waals surface area contributed by atoms with E-state index in [1.54, 1.807) is 25.6 Å². The lowest BCUT2D eigenvalue weighted by atomic mass is 9.96. The molecule has 0 saturated heterocycles. The van der Waals surface area contributed by atoms with E-state index in [-0.39, 0.29) is 5.91 Å². The number of anilines is 1. The summed E-state index contributed by atoms with van der Waals surface area (Å²) in [5.74, 6) is 0.985. The second kappa shape index (κ2) is 9.01. The summed E-state index contributed by atoms with van der Waals surface area (Å²) in [6.45, 7) is 5.76. The molecule has 2 aromatic carbocycles. The van der Waals surface area contributed by atoms with Crippen molar-refractivity contribution in [1.29, 1.82) is 0 Å². The summed E-state index contributed by atoms with van der Waals surface area (Å²) in [6.07, 6.45) is 4.98. The van der Waals surface area contributed by atoms with Gasteiger partial charge in [-0.25, -0.2) is 4.98 Å². The molecule has 0 spiro atoms. The van der Waals surface area contributed by atoms with E-state index in [1.807, 2.05) is 57.2 Å². The molecule has 0 saturated carbocycles. The second-order valence-electron chi connectivity index (χ2n) is 7.60. The number of aromatic nitrogens is 1. The zero-order valence-electron chi connectivity index (χ0n) is 18.3. The van der Waals surface area contributed by atoms with Crippen LogP contribution in [-0.2, 0) is 4.79 Å². The van der Waals surface area contributed by atoms with Crippen LogP contribution in [0, 0.1) is 13.8 Å². The predicted molar refractivity (Wildman–Crippen MR) is 132 cm³/mol. The van der Waals surface area contributed by atoms with Crippen LogP contribution in [0.2, 0.25) is 0 Å². The standard InChI is InChI=1S/C26H23BrN2O3/c1-15-7-6-10-28-26(15)29-23(30)11-16(2)20-13-21-22(18-8-5-9-19(27)12-18)14-32-25(21)17(3)24(20)31-4/h5-14H,1-4H3,(H,28,29,30)/b16-11+. The number of amides is 1. The molecule has 6 heteroatoms. The molecule has 2 heterocycles. The maximum absolute atomic E-state index is 12.7. The number of methoxy groups -OCH3 is 1. The Labute approximate surface area is 195 Å². The number of aryl methyl sites for hydroxylation is 2. The summed E-state index contributed by atoms with van der Waals surface area (Å²) < 4.78 is 12.6. The van der Waals surface area contributed by atoms with Gasteiger partial charge in [0, 0.05) is 38.8 Å². The first kappa shape index (κ1) is 21.8. The van der Waals surface area contributed by atoms with Gasteiger partial charge in [-0.3, -0.25) is 4.79 Å². The quantitative estimate of drug-likeness (QED) is 0.308. The third kappa shape index (κ3) is 4.18. The van der Waals surface area contributed by atoms with E-state index >= 15 is 0 Å². The van der Waals surface area contributed by atoms with Gasteiger partial charge in [-0.05, 0) is 61.7 Å². The van der Waals surface area contributed by atoms with Crippen molar-refractivity contribution < 1.29 is 13.9 Å². The normalized spacial score (nSPS) is 11.6. The highest BCUT2D eigenvalue weighted by molar-refractivity contribution is 9.10. The molecule has 1 N–H and O–H groups in total. The summed E-state index contributed by atoms with van der Waals surface area (Å²) in [5, 5.41) is 3.81. The number of pyridine rings is 1. The third-order valence-electron chi connectivity index (χ3n) is 5.41. The van der Waals surface area contributed by atoms with Crippen molar-refractivity contribution in [3.8, 4) is 16.9 Å². The van der Waals surface area contributed by atoms with E-state index in [1.165, 1.54) is 0 Å². The lowest BCUT2D eigenvalue weighted by Gasteiger charge is -2.13. The van der Waals surface area contributed by atoms with Gasteiger partial charge in [-0.1, -0.05) is 34.1 Å². The van der Waals surface area contributed by atoms with Crippen LogP contribution in [0.5, 0.6) is 5.75 Å². The molecule has 0 radical (unpaired) electrons. The fourth-order valence-electron chi connectivity index (χ4n) is 3.80. The number of benzene rings is 2. The Hall–Kier alpha value is -3.38. The number of halogens is 1. The van der Waals surface area contributed by atoms with E-state index in [0.717, 1.165) is 48.8 Å². The fourth-order valence-corrected chi connectivity index (χ4v) is 4.19. The van der Waals surface area contributed by atoms with Gasteiger partial charge in [0.25, 0.3) is 0 Å². The van der Waals surface area contributed by atoms with Gasteiger partial charge < -0.3 is 14.5 Å². The summed E-state index contributed by atoms with van der Waals surface area (Å²) in [4.78, 5) is 16.9. The topological polar surface area (TPSA) is 64.4 Å². The minimum atomic E-state index is -0.247. The largest absolute Gasteiger partial charge is 0.496 e. The number of ether oxygens (including phenoxy) is 1. The van der Waals surface area contributed by atoms with Gasteiger partial charge in [-0.15, -0.1) is 0 Å².